The highest BCUT2D eigenvalue weighted by molar-refractivity contribution is 9.10. The van der Waals surface area contributed by atoms with Crippen LogP contribution in [0.3, 0.4) is 0 Å². The van der Waals surface area contributed by atoms with E-state index in [9.17, 15) is 9.59 Å². The fraction of sp³-hybridized carbons (Fsp3) is 0.188. The van der Waals surface area contributed by atoms with Crippen molar-refractivity contribution in [2.75, 3.05) is 19.8 Å². The third-order valence-corrected chi connectivity index (χ3v) is 8.03. The van der Waals surface area contributed by atoms with Crippen LogP contribution in [0.1, 0.15) is 36.6 Å². The summed E-state index contributed by atoms with van der Waals surface area (Å²) in [6.45, 7) is 4.27. The molecule has 2 heterocycles. The van der Waals surface area contributed by atoms with Crippen molar-refractivity contribution in [1.29, 1.82) is 5.26 Å². The van der Waals surface area contributed by atoms with Gasteiger partial charge in [-0.05, 0) is 71.2 Å². The zero-order valence-electron chi connectivity index (χ0n) is 22.9. The summed E-state index contributed by atoms with van der Waals surface area (Å²) >= 11 is 4.72. The number of fused-ring (bicyclic) bond motifs is 1. The number of hydrogen-bond donors (Lipinski definition) is 0. The van der Waals surface area contributed by atoms with Gasteiger partial charge in [0.2, 0.25) is 0 Å². The van der Waals surface area contributed by atoms with E-state index in [-0.39, 0.29) is 24.3 Å². The average molecular weight is 645 g/mol. The van der Waals surface area contributed by atoms with Crippen molar-refractivity contribution in [3.8, 4) is 17.6 Å². The molecule has 0 unspecified atom stereocenters. The van der Waals surface area contributed by atoms with E-state index in [1.807, 2.05) is 73.7 Å². The number of nitrogens with zero attached hydrogens (tertiary/aromatic N) is 3. The van der Waals surface area contributed by atoms with Crippen LogP contribution in [-0.4, -0.2) is 30.4 Å². The Kier molecular flexibility index (Phi) is 9.00. The standard InChI is InChI=1S/C32H26BrN3O5S/c1-3-39-23-13-11-22(12-14-23)29-27(31(38)40-4-2)28(21-8-6-5-7-9-21)35-32-36(29)30(37)26(42-32)19-20-10-15-25(24(33)18-20)41-17-16-34/h5-15,18-19,29H,3-4,17H2,1-2H3/b26-19-/t29-/m0/s1. The second-order valence-corrected chi connectivity index (χ2v) is 10.9. The third kappa shape index (κ3) is 5.93. The van der Waals surface area contributed by atoms with E-state index in [1.165, 1.54) is 11.3 Å². The summed E-state index contributed by atoms with van der Waals surface area (Å²) in [7, 11) is 0. The first-order valence-corrected chi connectivity index (χ1v) is 14.9. The molecule has 42 heavy (non-hydrogen) atoms. The largest absolute Gasteiger partial charge is 0.494 e. The van der Waals surface area contributed by atoms with Crippen molar-refractivity contribution in [2.45, 2.75) is 19.9 Å². The van der Waals surface area contributed by atoms with Crippen LogP contribution in [-0.2, 0) is 9.53 Å². The van der Waals surface area contributed by atoms with Crippen molar-refractivity contribution < 1.29 is 19.0 Å². The van der Waals surface area contributed by atoms with Crippen molar-refractivity contribution >= 4 is 45.0 Å². The molecule has 3 aromatic carbocycles. The molecule has 10 heteroatoms. The highest BCUT2D eigenvalue weighted by Crippen LogP contribution is 2.35. The van der Waals surface area contributed by atoms with Crippen molar-refractivity contribution in [3.63, 3.8) is 0 Å². The summed E-state index contributed by atoms with van der Waals surface area (Å²) in [5.74, 6) is 0.675. The van der Waals surface area contributed by atoms with Gasteiger partial charge >= 0.3 is 5.97 Å². The van der Waals surface area contributed by atoms with Crippen LogP contribution in [0, 0.1) is 11.3 Å². The lowest BCUT2D eigenvalue weighted by molar-refractivity contribution is -0.138. The second-order valence-electron chi connectivity index (χ2n) is 9.07. The number of rotatable bonds is 9. The van der Waals surface area contributed by atoms with Gasteiger partial charge in [-0.25, -0.2) is 9.79 Å². The molecule has 5 rings (SSSR count). The molecule has 8 nitrogen and oxygen atoms in total. The van der Waals surface area contributed by atoms with Gasteiger partial charge in [0.15, 0.2) is 11.4 Å². The van der Waals surface area contributed by atoms with E-state index in [0.29, 0.717) is 37.6 Å². The molecule has 0 amide bonds. The maximum absolute atomic E-state index is 14.0. The third-order valence-electron chi connectivity index (χ3n) is 6.43. The van der Waals surface area contributed by atoms with Gasteiger partial charge in [0.05, 0.1) is 39.5 Å². The summed E-state index contributed by atoms with van der Waals surface area (Å²) in [5.41, 5.74) is 2.68. The predicted molar refractivity (Wildman–Crippen MR) is 164 cm³/mol. The van der Waals surface area contributed by atoms with Gasteiger partial charge in [-0.3, -0.25) is 9.36 Å². The molecule has 0 aliphatic carbocycles. The van der Waals surface area contributed by atoms with E-state index in [1.54, 1.807) is 29.7 Å². The van der Waals surface area contributed by atoms with Crippen LogP contribution in [0.2, 0.25) is 0 Å². The van der Waals surface area contributed by atoms with Crippen LogP contribution in [0.4, 0.5) is 0 Å². The Balaban J connectivity index is 1.73. The Labute approximate surface area is 254 Å². The van der Waals surface area contributed by atoms with E-state index in [2.05, 4.69) is 15.9 Å². The molecule has 0 bridgehead atoms. The molecule has 212 valence electrons. The SMILES string of the molecule is CCOC(=O)C1=C(c2ccccc2)N=c2s/c(=C\c3ccc(OCC#N)c(Br)c3)c(=O)n2[C@H]1c1ccc(OCC)cc1. The number of esters is 1. The molecule has 0 spiro atoms. The number of thiazole rings is 1. The maximum atomic E-state index is 14.0. The van der Waals surface area contributed by atoms with E-state index in [0.717, 1.165) is 16.7 Å². The zero-order valence-corrected chi connectivity index (χ0v) is 25.3. The molecule has 0 fully saturated rings. The highest BCUT2D eigenvalue weighted by Gasteiger charge is 2.35. The van der Waals surface area contributed by atoms with Crippen LogP contribution in [0.5, 0.6) is 11.5 Å². The van der Waals surface area contributed by atoms with Crippen molar-refractivity contribution in [2.24, 2.45) is 4.99 Å². The van der Waals surface area contributed by atoms with Gasteiger partial charge in [0.1, 0.15) is 17.6 Å². The first-order chi connectivity index (χ1) is 20.4. The van der Waals surface area contributed by atoms with Gasteiger partial charge in [0, 0.05) is 5.56 Å². The Morgan fingerprint density at radius 1 is 1.07 bits per heavy atom. The Hall–Kier alpha value is -4.46. The Morgan fingerprint density at radius 2 is 1.83 bits per heavy atom. The number of ether oxygens (including phenoxy) is 3. The molecule has 1 aliphatic heterocycles. The molecule has 4 aromatic rings. The first kappa shape index (κ1) is 29.0. The van der Waals surface area contributed by atoms with Crippen LogP contribution < -0.4 is 24.4 Å². The fourth-order valence-corrected chi connectivity index (χ4v) is 6.17. The number of hydrogen-bond acceptors (Lipinski definition) is 8. The Morgan fingerprint density at radius 3 is 2.50 bits per heavy atom. The summed E-state index contributed by atoms with van der Waals surface area (Å²) in [6, 6.07) is 23.3. The Bertz CT molecular complexity index is 1870. The summed E-state index contributed by atoms with van der Waals surface area (Å²) in [5, 5.41) is 8.81. The molecular formula is C32H26BrN3O5S. The zero-order chi connectivity index (χ0) is 29.6. The molecule has 1 aliphatic rings. The fourth-order valence-electron chi connectivity index (χ4n) is 4.65. The average Bonchev–Trinajstić information content (AvgIpc) is 3.31. The molecular weight excluding hydrogens is 618 g/mol. The lowest BCUT2D eigenvalue weighted by atomic mass is 9.93. The summed E-state index contributed by atoms with van der Waals surface area (Å²) in [4.78, 5) is 33.0. The van der Waals surface area contributed by atoms with Gasteiger partial charge in [-0.2, -0.15) is 5.26 Å². The van der Waals surface area contributed by atoms with Crippen LogP contribution in [0.25, 0.3) is 11.8 Å². The van der Waals surface area contributed by atoms with Crippen molar-refractivity contribution in [3.05, 3.63) is 119 Å². The van der Waals surface area contributed by atoms with Gasteiger partial charge in [-0.15, -0.1) is 0 Å². The lowest BCUT2D eigenvalue weighted by Gasteiger charge is -2.26. The van der Waals surface area contributed by atoms with Crippen LogP contribution >= 0.6 is 27.3 Å². The highest BCUT2D eigenvalue weighted by atomic mass is 79.9. The molecule has 0 saturated carbocycles. The maximum Gasteiger partial charge on any atom is 0.338 e. The van der Waals surface area contributed by atoms with Gasteiger partial charge < -0.3 is 14.2 Å². The number of carbonyl (C=O) groups is 1. The van der Waals surface area contributed by atoms with Gasteiger partial charge in [-0.1, -0.05) is 59.9 Å². The number of aromatic nitrogens is 1. The van der Waals surface area contributed by atoms with E-state index in [4.69, 9.17) is 24.5 Å². The number of carbonyl (C=O) groups excluding carboxylic acids is 1. The topological polar surface area (TPSA) is 103 Å². The predicted octanol–water partition coefficient (Wildman–Crippen LogP) is 5.00. The minimum atomic E-state index is -0.776. The minimum Gasteiger partial charge on any atom is -0.494 e. The monoisotopic (exact) mass is 643 g/mol. The van der Waals surface area contributed by atoms with Crippen molar-refractivity contribution in [1.82, 2.24) is 4.57 Å². The molecule has 0 radical (unpaired) electrons. The van der Waals surface area contributed by atoms with Gasteiger partial charge in [0.25, 0.3) is 5.56 Å². The van der Waals surface area contributed by atoms with E-state index < -0.39 is 12.0 Å². The summed E-state index contributed by atoms with van der Waals surface area (Å²) < 4.78 is 19.2. The lowest BCUT2D eigenvalue weighted by Crippen LogP contribution is -2.40. The normalized spacial score (nSPS) is 14.5. The summed E-state index contributed by atoms with van der Waals surface area (Å²) in [6.07, 6.45) is 1.77. The quantitative estimate of drug-likeness (QED) is 0.238. The molecule has 1 aromatic heterocycles. The van der Waals surface area contributed by atoms with E-state index >= 15 is 0 Å². The number of halogens is 1. The number of benzene rings is 3. The molecule has 0 saturated heterocycles. The first-order valence-electron chi connectivity index (χ1n) is 13.3. The minimum absolute atomic E-state index is 0.0748. The second kappa shape index (κ2) is 13.0. The molecule has 1 atom stereocenters. The number of nitriles is 1. The van der Waals surface area contributed by atoms with Crippen LogP contribution in [0.15, 0.2) is 92.6 Å². The molecule has 0 N–H and O–H groups in total. The smallest absolute Gasteiger partial charge is 0.338 e.